The number of hydrogen-bond donors (Lipinski definition) is 1. The van der Waals surface area contributed by atoms with Gasteiger partial charge in [-0.15, -0.1) is 0 Å². The van der Waals surface area contributed by atoms with Crippen LogP contribution in [0.3, 0.4) is 0 Å². The van der Waals surface area contributed by atoms with Crippen LogP contribution in [0, 0.1) is 0 Å². The first kappa shape index (κ1) is 21.0. The Kier molecular flexibility index (Phi) is 5.71. The summed E-state index contributed by atoms with van der Waals surface area (Å²) in [6.07, 6.45) is 6.02. The minimum atomic E-state index is -0.140. The minimum Gasteiger partial charge on any atom is -0.497 e. The second-order valence-electron chi connectivity index (χ2n) is 7.72. The standard InChI is InChI=1S/C26H24N4O2S/c1-31-20-11-12-23(32-2)22(16-20)30-25(24(28-26(30)33)21-10-6-7-14-27-21)18-13-15-29(17-18)19-8-4-3-5-9-19/h3-17,24-25H,1-2H3,(H,28,33)/t24-,25+/m1/s1. The van der Waals surface area contributed by atoms with Crippen LogP contribution in [0.1, 0.15) is 23.3 Å². The first-order valence-corrected chi connectivity index (χ1v) is 11.1. The molecule has 0 spiro atoms. The van der Waals surface area contributed by atoms with E-state index in [1.54, 1.807) is 20.4 Å². The van der Waals surface area contributed by atoms with Crippen LogP contribution >= 0.6 is 12.2 Å². The van der Waals surface area contributed by atoms with Crippen LogP contribution in [0.2, 0.25) is 0 Å². The SMILES string of the molecule is COc1ccc(OC)c(N2C(=S)N[C@H](c3ccccn3)[C@@H]2c2ccn(-c3ccccc3)c2)c1. The van der Waals surface area contributed by atoms with Gasteiger partial charge in [0.05, 0.1) is 37.7 Å². The van der Waals surface area contributed by atoms with Crippen molar-refractivity contribution in [1.29, 1.82) is 0 Å². The molecule has 0 unspecified atom stereocenters. The third-order valence-electron chi connectivity index (χ3n) is 5.86. The topological polar surface area (TPSA) is 51.6 Å². The van der Waals surface area contributed by atoms with Crippen LogP contribution in [0.5, 0.6) is 11.5 Å². The lowest BCUT2D eigenvalue weighted by atomic mass is 9.98. The van der Waals surface area contributed by atoms with Gasteiger partial charge in [-0.05, 0) is 60.2 Å². The van der Waals surface area contributed by atoms with Crippen LogP contribution in [0.25, 0.3) is 5.69 Å². The first-order chi connectivity index (χ1) is 16.2. The third kappa shape index (κ3) is 3.91. The van der Waals surface area contributed by atoms with Crippen molar-refractivity contribution in [3.05, 3.63) is 103 Å². The highest BCUT2D eigenvalue weighted by Gasteiger charge is 2.42. The van der Waals surface area contributed by atoms with E-state index >= 15 is 0 Å². The molecule has 1 N–H and O–H groups in total. The number of ether oxygens (including phenoxy) is 2. The molecule has 33 heavy (non-hydrogen) atoms. The predicted molar refractivity (Wildman–Crippen MR) is 133 cm³/mol. The van der Waals surface area contributed by atoms with Gasteiger partial charge in [0.25, 0.3) is 0 Å². The highest BCUT2D eigenvalue weighted by Crippen LogP contribution is 2.45. The van der Waals surface area contributed by atoms with Crippen LogP contribution in [0.4, 0.5) is 5.69 Å². The van der Waals surface area contributed by atoms with Crippen molar-refractivity contribution in [2.24, 2.45) is 0 Å². The molecule has 0 bridgehead atoms. The largest absolute Gasteiger partial charge is 0.497 e. The predicted octanol–water partition coefficient (Wildman–Crippen LogP) is 5.07. The number of nitrogens with one attached hydrogen (secondary N) is 1. The monoisotopic (exact) mass is 456 g/mol. The van der Waals surface area contributed by atoms with Gasteiger partial charge in [0.15, 0.2) is 5.11 Å². The minimum absolute atomic E-state index is 0.138. The molecular formula is C26H24N4O2S. The number of thiocarbonyl (C=S) groups is 1. The van der Waals surface area contributed by atoms with Crippen molar-refractivity contribution < 1.29 is 9.47 Å². The van der Waals surface area contributed by atoms with Crippen LogP contribution in [-0.2, 0) is 0 Å². The van der Waals surface area contributed by atoms with Gasteiger partial charge < -0.3 is 24.3 Å². The Labute approximate surface area is 198 Å². The molecule has 0 amide bonds. The van der Waals surface area contributed by atoms with E-state index < -0.39 is 0 Å². The number of pyridine rings is 1. The van der Waals surface area contributed by atoms with Crippen molar-refractivity contribution >= 4 is 23.0 Å². The average Bonchev–Trinajstić information content (AvgIpc) is 3.49. The summed E-state index contributed by atoms with van der Waals surface area (Å²) in [6.45, 7) is 0. The number of rotatable bonds is 6. The smallest absolute Gasteiger partial charge is 0.174 e. The number of benzene rings is 2. The Morgan fingerprint density at radius 2 is 1.76 bits per heavy atom. The molecule has 0 saturated carbocycles. The van der Waals surface area contributed by atoms with E-state index in [1.807, 2.05) is 54.6 Å². The molecule has 0 radical (unpaired) electrons. The van der Waals surface area contributed by atoms with Gasteiger partial charge in [-0.3, -0.25) is 4.98 Å². The fourth-order valence-electron chi connectivity index (χ4n) is 4.29. The molecule has 2 aromatic carbocycles. The maximum Gasteiger partial charge on any atom is 0.174 e. The van der Waals surface area contributed by atoms with E-state index in [-0.39, 0.29) is 12.1 Å². The van der Waals surface area contributed by atoms with Gasteiger partial charge in [0, 0.05) is 30.3 Å². The first-order valence-electron chi connectivity index (χ1n) is 10.7. The summed E-state index contributed by atoms with van der Waals surface area (Å²) in [4.78, 5) is 6.73. The number of methoxy groups -OCH3 is 2. The van der Waals surface area contributed by atoms with Crippen LogP contribution in [0.15, 0.2) is 91.4 Å². The number of para-hydroxylation sites is 1. The quantitative estimate of drug-likeness (QED) is 0.409. The molecule has 0 aliphatic carbocycles. The summed E-state index contributed by atoms with van der Waals surface area (Å²) in [5, 5.41) is 4.10. The normalized spacial score (nSPS) is 17.6. The van der Waals surface area contributed by atoms with E-state index in [9.17, 15) is 0 Å². The van der Waals surface area contributed by atoms with Gasteiger partial charge in [0.2, 0.25) is 0 Å². The lowest BCUT2D eigenvalue weighted by Gasteiger charge is -2.28. The Morgan fingerprint density at radius 1 is 0.939 bits per heavy atom. The van der Waals surface area contributed by atoms with Gasteiger partial charge in [0.1, 0.15) is 11.5 Å². The lowest BCUT2D eigenvalue weighted by Crippen LogP contribution is -2.29. The highest BCUT2D eigenvalue weighted by atomic mass is 32.1. The maximum absolute atomic E-state index is 5.85. The third-order valence-corrected chi connectivity index (χ3v) is 6.17. The Bertz CT molecular complexity index is 1260. The number of nitrogens with zero attached hydrogens (tertiary/aromatic N) is 3. The molecule has 166 valence electrons. The van der Waals surface area contributed by atoms with Gasteiger partial charge in [-0.1, -0.05) is 24.3 Å². The second kappa shape index (κ2) is 8.96. The van der Waals surface area contributed by atoms with E-state index in [1.165, 1.54) is 0 Å². The number of hydrogen-bond acceptors (Lipinski definition) is 4. The highest BCUT2D eigenvalue weighted by molar-refractivity contribution is 7.80. The summed E-state index contributed by atoms with van der Waals surface area (Å²) in [5.41, 5.74) is 3.95. The molecule has 4 aromatic rings. The van der Waals surface area contributed by atoms with Crippen molar-refractivity contribution in [2.45, 2.75) is 12.1 Å². The molecule has 1 aliphatic rings. The average molecular weight is 457 g/mol. The van der Waals surface area contributed by atoms with Crippen molar-refractivity contribution in [1.82, 2.24) is 14.9 Å². The lowest BCUT2D eigenvalue weighted by molar-refractivity contribution is 0.403. The van der Waals surface area contributed by atoms with Gasteiger partial charge in [-0.25, -0.2) is 0 Å². The second-order valence-corrected chi connectivity index (χ2v) is 8.11. The summed E-state index contributed by atoms with van der Waals surface area (Å²) in [5.74, 6) is 1.45. The number of anilines is 1. The zero-order valence-electron chi connectivity index (χ0n) is 18.4. The Hall–Kier alpha value is -3.84. The summed E-state index contributed by atoms with van der Waals surface area (Å²) >= 11 is 5.85. The fourth-order valence-corrected chi connectivity index (χ4v) is 4.63. The van der Waals surface area contributed by atoms with Crippen LogP contribution < -0.4 is 19.7 Å². The van der Waals surface area contributed by atoms with E-state index in [0.717, 1.165) is 28.4 Å². The molecule has 3 heterocycles. The molecule has 2 aromatic heterocycles. The van der Waals surface area contributed by atoms with E-state index in [4.69, 9.17) is 21.7 Å². The summed E-state index contributed by atoms with van der Waals surface area (Å²) in [6, 6.07) is 23.8. The zero-order valence-corrected chi connectivity index (χ0v) is 19.2. The molecular weight excluding hydrogens is 432 g/mol. The molecule has 5 rings (SSSR count). The molecule has 1 aliphatic heterocycles. The molecule has 1 saturated heterocycles. The van der Waals surface area contributed by atoms with Crippen molar-refractivity contribution in [2.75, 3.05) is 19.1 Å². The summed E-state index contributed by atoms with van der Waals surface area (Å²) in [7, 11) is 3.31. The Balaban J connectivity index is 1.64. The fraction of sp³-hybridized carbons (Fsp3) is 0.154. The zero-order chi connectivity index (χ0) is 22.8. The number of aromatic nitrogens is 2. The summed E-state index contributed by atoms with van der Waals surface area (Å²) < 4.78 is 13.3. The molecule has 2 atom stereocenters. The Morgan fingerprint density at radius 3 is 2.48 bits per heavy atom. The molecule has 6 nitrogen and oxygen atoms in total. The van der Waals surface area contributed by atoms with E-state index in [0.29, 0.717) is 10.9 Å². The van der Waals surface area contributed by atoms with Gasteiger partial charge >= 0.3 is 0 Å². The molecule has 7 heteroatoms. The maximum atomic E-state index is 5.85. The van der Waals surface area contributed by atoms with Crippen LogP contribution in [-0.4, -0.2) is 28.9 Å². The van der Waals surface area contributed by atoms with Crippen molar-refractivity contribution in [3.8, 4) is 17.2 Å². The molecule has 1 fully saturated rings. The van der Waals surface area contributed by atoms with Crippen molar-refractivity contribution in [3.63, 3.8) is 0 Å². The van der Waals surface area contributed by atoms with E-state index in [2.05, 4.69) is 50.4 Å². The van der Waals surface area contributed by atoms with Gasteiger partial charge in [-0.2, -0.15) is 0 Å².